The second-order valence-corrected chi connectivity index (χ2v) is 7.58. The molecule has 5 rings (SSSR count). The third-order valence-corrected chi connectivity index (χ3v) is 4.99. The molecule has 1 aliphatic carbocycles. The molecular weight excluding hydrogens is 390 g/mol. The molecule has 29 heavy (non-hydrogen) atoms. The number of amides is 1. The first-order valence-electron chi connectivity index (χ1n) is 9.29. The smallest absolute Gasteiger partial charge is 0.228 e. The van der Waals surface area contributed by atoms with E-state index in [1.807, 2.05) is 12.1 Å². The molecule has 3 N–H and O–H groups in total. The van der Waals surface area contributed by atoms with Crippen LogP contribution in [0.2, 0.25) is 5.02 Å². The lowest BCUT2D eigenvalue weighted by Gasteiger charge is -2.11. The van der Waals surface area contributed by atoms with Gasteiger partial charge in [-0.1, -0.05) is 18.2 Å². The zero-order valence-corrected chi connectivity index (χ0v) is 16.2. The Kier molecular flexibility index (Phi) is 4.21. The number of rotatable bonds is 5. The second kappa shape index (κ2) is 6.89. The Hall–Kier alpha value is -3.39. The van der Waals surface area contributed by atoms with Crippen LogP contribution >= 0.6 is 11.6 Å². The van der Waals surface area contributed by atoms with E-state index in [9.17, 15) is 4.79 Å². The van der Waals surface area contributed by atoms with Gasteiger partial charge in [-0.3, -0.25) is 4.79 Å². The van der Waals surface area contributed by atoms with Gasteiger partial charge < -0.3 is 16.0 Å². The molecule has 4 heterocycles. The van der Waals surface area contributed by atoms with E-state index >= 15 is 0 Å². The zero-order valence-electron chi connectivity index (χ0n) is 15.4. The number of hydrogen-bond acceptors (Lipinski definition) is 6. The van der Waals surface area contributed by atoms with Crippen LogP contribution in [0.25, 0.3) is 11.7 Å². The Labute approximate surface area is 171 Å². The number of carbonyl (C=O) groups is 1. The molecule has 0 unspecified atom stereocenters. The summed E-state index contributed by atoms with van der Waals surface area (Å²) in [6, 6.07) is 5.92. The fourth-order valence-electron chi connectivity index (χ4n) is 3.16. The Morgan fingerprint density at radius 2 is 2.14 bits per heavy atom. The molecule has 0 atom stereocenters. The molecule has 3 aromatic heterocycles. The van der Waals surface area contributed by atoms with Crippen LogP contribution in [0.4, 0.5) is 17.5 Å². The Balaban J connectivity index is 1.56. The Morgan fingerprint density at radius 3 is 2.83 bits per heavy atom. The number of pyridine rings is 1. The molecule has 2 fully saturated rings. The summed E-state index contributed by atoms with van der Waals surface area (Å²) in [5, 5.41) is 14.5. The van der Waals surface area contributed by atoms with Gasteiger partial charge in [-0.25, -0.2) is 9.97 Å². The monoisotopic (exact) mass is 407 g/mol. The highest BCUT2D eigenvalue weighted by atomic mass is 35.5. The van der Waals surface area contributed by atoms with Gasteiger partial charge in [0.15, 0.2) is 5.65 Å². The first-order valence-corrected chi connectivity index (χ1v) is 9.66. The number of carbonyl (C=O) groups excluding carboxylic acids is 1. The number of nitrogens with zero attached hydrogens (tertiary/aromatic N) is 4. The predicted octanol–water partition coefficient (Wildman–Crippen LogP) is 3.51. The fourth-order valence-corrected chi connectivity index (χ4v) is 3.28. The van der Waals surface area contributed by atoms with Crippen molar-refractivity contribution in [2.24, 2.45) is 0 Å². The third kappa shape index (κ3) is 3.66. The average molecular weight is 408 g/mol. The van der Waals surface area contributed by atoms with Crippen molar-refractivity contribution >= 4 is 46.7 Å². The summed E-state index contributed by atoms with van der Waals surface area (Å²) < 4.78 is 1.78. The standard InChI is InChI=1S/C20H18ClN7O/c1-11-12(7-19(29)24-11)6-13-9-23-28-18(25-15-3-4-15)8-17(27-20(13)28)26-16-5-2-14(21)10-22-16/h2,5-6,8-10,15,25H,1,3-4,7H2,(H,24,29)(H,22,26,27)/b12-6+. The van der Waals surface area contributed by atoms with E-state index in [1.54, 1.807) is 29.0 Å². The quantitative estimate of drug-likeness (QED) is 0.599. The minimum atomic E-state index is -0.0575. The number of aromatic nitrogens is 4. The highest BCUT2D eigenvalue weighted by molar-refractivity contribution is 6.30. The van der Waals surface area contributed by atoms with Gasteiger partial charge in [0.1, 0.15) is 17.5 Å². The van der Waals surface area contributed by atoms with Crippen molar-refractivity contribution in [3.05, 3.63) is 59.0 Å². The number of halogens is 1. The van der Waals surface area contributed by atoms with Crippen molar-refractivity contribution in [3.8, 4) is 0 Å². The summed E-state index contributed by atoms with van der Waals surface area (Å²) >= 11 is 5.92. The summed E-state index contributed by atoms with van der Waals surface area (Å²) in [5.41, 5.74) is 2.93. The molecule has 8 nitrogen and oxygen atoms in total. The van der Waals surface area contributed by atoms with E-state index in [0.29, 0.717) is 40.5 Å². The van der Waals surface area contributed by atoms with E-state index in [-0.39, 0.29) is 5.91 Å². The van der Waals surface area contributed by atoms with Gasteiger partial charge in [0.05, 0.1) is 17.6 Å². The van der Waals surface area contributed by atoms with Crippen LogP contribution in [-0.4, -0.2) is 31.5 Å². The van der Waals surface area contributed by atoms with Crippen LogP contribution < -0.4 is 16.0 Å². The summed E-state index contributed by atoms with van der Waals surface area (Å²) in [5.74, 6) is 2.06. The van der Waals surface area contributed by atoms with Crippen LogP contribution in [0.3, 0.4) is 0 Å². The minimum absolute atomic E-state index is 0.0575. The normalized spacial score (nSPS) is 17.8. The molecule has 2 aliphatic rings. The summed E-state index contributed by atoms with van der Waals surface area (Å²) in [6.45, 7) is 3.90. The molecule has 0 radical (unpaired) electrons. The summed E-state index contributed by atoms with van der Waals surface area (Å²) in [4.78, 5) is 20.6. The molecular formula is C20H18ClN7O. The highest BCUT2D eigenvalue weighted by Crippen LogP contribution is 2.29. The maximum atomic E-state index is 11.6. The van der Waals surface area contributed by atoms with E-state index in [0.717, 1.165) is 29.8 Å². The lowest BCUT2D eigenvalue weighted by Crippen LogP contribution is -2.10. The molecule has 1 aliphatic heterocycles. The van der Waals surface area contributed by atoms with E-state index in [4.69, 9.17) is 16.6 Å². The number of fused-ring (bicyclic) bond motifs is 1. The maximum absolute atomic E-state index is 11.6. The minimum Gasteiger partial charge on any atom is -0.367 e. The Bertz CT molecular complexity index is 1160. The first-order chi connectivity index (χ1) is 14.0. The van der Waals surface area contributed by atoms with Crippen molar-refractivity contribution < 1.29 is 4.79 Å². The van der Waals surface area contributed by atoms with Crippen LogP contribution in [0.5, 0.6) is 0 Å². The largest absolute Gasteiger partial charge is 0.367 e. The molecule has 146 valence electrons. The number of anilines is 3. The molecule has 0 bridgehead atoms. The van der Waals surface area contributed by atoms with Crippen LogP contribution in [-0.2, 0) is 4.79 Å². The lowest BCUT2D eigenvalue weighted by atomic mass is 10.1. The molecule has 1 saturated heterocycles. The molecule has 9 heteroatoms. The number of nitrogens with one attached hydrogen (secondary N) is 3. The molecule has 1 saturated carbocycles. The van der Waals surface area contributed by atoms with Crippen molar-refractivity contribution in [2.45, 2.75) is 25.3 Å². The van der Waals surface area contributed by atoms with Gasteiger partial charge in [-0.15, -0.1) is 0 Å². The molecule has 0 aromatic carbocycles. The van der Waals surface area contributed by atoms with Crippen molar-refractivity contribution in [3.63, 3.8) is 0 Å². The molecule has 3 aromatic rings. The van der Waals surface area contributed by atoms with Crippen LogP contribution in [0.15, 0.2) is 48.4 Å². The lowest BCUT2D eigenvalue weighted by molar-refractivity contribution is -0.118. The molecule has 1 amide bonds. The zero-order chi connectivity index (χ0) is 20.0. The van der Waals surface area contributed by atoms with E-state index in [2.05, 4.69) is 32.6 Å². The van der Waals surface area contributed by atoms with Crippen molar-refractivity contribution in [1.82, 2.24) is 24.9 Å². The van der Waals surface area contributed by atoms with E-state index in [1.165, 1.54) is 0 Å². The van der Waals surface area contributed by atoms with Gasteiger partial charge in [0, 0.05) is 29.6 Å². The van der Waals surface area contributed by atoms with Gasteiger partial charge >= 0.3 is 0 Å². The molecule has 0 spiro atoms. The number of hydrogen-bond donors (Lipinski definition) is 3. The van der Waals surface area contributed by atoms with E-state index < -0.39 is 0 Å². The maximum Gasteiger partial charge on any atom is 0.228 e. The highest BCUT2D eigenvalue weighted by Gasteiger charge is 2.24. The second-order valence-electron chi connectivity index (χ2n) is 7.14. The van der Waals surface area contributed by atoms with Crippen molar-refractivity contribution in [1.29, 1.82) is 0 Å². The summed E-state index contributed by atoms with van der Waals surface area (Å²) in [7, 11) is 0. The predicted molar refractivity (Wildman–Crippen MR) is 112 cm³/mol. The Morgan fingerprint density at radius 1 is 1.28 bits per heavy atom. The van der Waals surface area contributed by atoms with Crippen molar-refractivity contribution in [2.75, 3.05) is 10.6 Å². The summed E-state index contributed by atoms with van der Waals surface area (Å²) in [6.07, 6.45) is 7.80. The van der Waals surface area contributed by atoms with Gasteiger partial charge in [0.25, 0.3) is 0 Å². The van der Waals surface area contributed by atoms with Gasteiger partial charge in [-0.2, -0.15) is 9.61 Å². The van der Waals surface area contributed by atoms with Gasteiger partial charge in [0.2, 0.25) is 5.91 Å². The van der Waals surface area contributed by atoms with Crippen LogP contribution in [0, 0.1) is 0 Å². The van der Waals surface area contributed by atoms with Crippen LogP contribution in [0.1, 0.15) is 24.8 Å². The van der Waals surface area contributed by atoms with Gasteiger partial charge in [-0.05, 0) is 36.6 Å². The fraction of sp³-hybridized carbons (Fsp3) is 0.200. The number of allylic oxidation sites excluding steroid dienone is 1. The SMILES string of the molecule is C=C1NC(=O)C/C1=C\c1cnn2c(NC3CC3)cc(Nc3ccc(Cl)cn3)nc12. The average Bonchev–Trinajstić information content (AvgIpc) is 3.33. The topological polar surface area (TPSA) is 96.2 Å². The third-order valence-electron chi connectivity index (χ3n) is 4.77. The first kappa shape index (κ1) is 17.7.